The molecule has 0 spiro atoms. The SMILES string of the molecule is O=C(COc1ccc(C=C2C(=O)NC(=S)N(c3cccc(C(=O)O)c3)C2=O)cc1Br)Nc1ccc(F)cc1. The highest BCUT2D eigenvalue weighted by atomic mass is 79.9. The maximum atomic E-state index is 13.2. The topological polar surface area (TPSA) is 125 Å². The van der Waals surface area contributed by atoms with E-state index in [-0.39, 0.29) is 28.5 Å². The number of carboxylic acids is 1. The Balaban J connectivity index is 1.49. The molecular formula is C26H17BrFN3O6S. The average Bonchev–Trinajstić information content (AvgIpc) is 2.87. The van der Waals surface area contributed by atoms with E-state index >= 15 is 0 Å². The summed E-state index contributed by atoms with van der Waals surface area (Å²) in [5.74, 6) is -3.17. The lowest BCUT2D eigenvalue weighted by Gasteiger charge is -2.29. The predicted molar refractivity (Wildman–Crippen MR) is 144 cm³/mol. The smallest absolute Gasteiger partial charge is 0.335 e. The minimum absolute atomic E-state index is 0.0496. The molecule has 3 N–H and O–H groups in total. The van der Waals surface area contributed by atoms with E-state index in [1.54, 1.807) is 18.2 Å². The van der Waals surface area contributed by atoms with Gasteiger partial charge in [-0.05, 0) is 94.4 Å². The van der Waals surface area contributed by atoms with Gasteiger partial charge >= 0.3 is 5.97 Å². The van der Waals surface area contributed by atoms with Gasteiger partial charge in [-0.25, -0.2) is 9.18 Å². The number of rotatable bonds is 7. The van der Waals surface area contributed by atoms with Crippen LogP contribution in [0.4, 0.5) is 15.8 Å². The highest BCUT2D eigenvalue weighted by Crippen LogP contribution is 2.28. The van der Waals surface area contributed by atoms with Crippen LogP contribution in [0.5, 0.6) is 5.75 Å². The first kappa shape index (κ1) is 26.6. The molecule has 0 unspecified atom stereocenters. The van der Waals surface area contributed by atoms with Crippen LogP contribution in [0.1, 0.15) is 15.9 Å². The Hall–Kier alpha value is -4.42. The van der Waals surface area contributed by atoms with Crippen molar-refractivity contribution >= 4 is 74.4 Å². The van der Waals surface area contributed by atoms with Crippen LogP contribution in [0.2, 0.25) is 0 Å². The van der Waals surface area contributed by atoms with Crippen LogP contribution < -0.4 is 20.3 Å². The number of hydrogen-bond donors (Lipinski definition) is 3. The van der Waals surface area contributed by atoms with Gasteiger partial charge < -0.3 is 15.2 Å². The van der Waals surface area contributed by atoms with Crippen molar-refractivity contribution in [1.82, 2.24) is 5.32 Å². The number of aromatic carboxylic acids is 1. The third-order valence-corrected chi connectivity index (χ3v) is 6.11. The Bertz CT molecular complexity index is 1510. The number of ether oxygens (including phenoxy) is 1. The Kier molecular flexibility index (Phi) is 7.93. The number of amides is 3. The quantitative estimate of drug-likeness (QED) is 0.212. The first-order valence-corrected chi connectivity index (χ1v) is 12.0. The van der Waals surface area contributed by atoms with E-state index in [1.165, 1.54) is 54.6 Å². The summed E-state index contributed by atoms with van der Waals surface area (Å²) in [6.07, 6.45) is 1.35. The fourth-order valence-electron chi connectivity index (χ4n) is 3.43. The van der Waals surface area contributed by atoms with Crippen LogP contribution in [-0.4, -0.2) is 40.5 Å². The molecule has 0 aliphatic carbocycles. The van der Waals surface area contributed by atoms with E-state index in [0.29, 0.717) is 21.5 Å². The molecule has 1 fully saturated rings. The second-order valence-electron chi connectivity index (χ2n) is 7.85. The summed E-state index contributed by atoms with van der Waals surface area (Å²) < 4.78 is 19.0. The number of benzene rings is 3. The van der Waals surface area contributed by atoms with Crippen molar-refractivity contribution in [2.24, 2.45) is 0 Å². The maximum absolute atomic E-state index is 13.2. The van der Waals surface area contributed by atoms with Crippen molar-refractivity contribution < 1.29 is 33.4 Å². The standard InChI is InChI=1S/C26H17BrFN3O6S/c27-20-11-14(4-9-21(20)37-13-22(32)29-17-7-5-16(28)6-8-17)10-19-23(33)30-26(38)31(24(19)34)18-3-1-2-15(12-18)25(35)36/h1-12H,13H2,(H,29,32)(H,35,36)(H,30,33,38). The molecule has 1 heterocycles. The van der Waals surface area contributed by atoms with Crippen LogP contribution >= 0.6 is 28.1 Å². The maximum Gasteiger partial charge on any atom is 0.335 e. The number of carboxylic acid groups (broad SMARTS) is 1. The first-order valence-electron chi connectivity index (χ1n) is 10.8. The van der Waals surface area contributed by atoms with Gasteiger partial charge in [-0.1, -0.05) is 12.1 Å². The summed E-state index contributed by atoms with van der Waals surface area (Å²) in [5, 5.41) is 14.1. The summed E-state index contributed by atoms with van der Waals surface area (Å²) in [6, 6.07) is 15.6. The number of thiocarbonyl (C=S) groups is 1. The van der Waals surface area contributed by atoms with E-state index in [4.69, 9.17) is 17.0 Å². The van der Waals surface area contributed by atoms with E-state index in [2.05, 4.69) is 26.6 Å². The third kappa shape index (κ3) is 6.10. The second-order valence-corrected chi connectivity index (χ2v) is 9.09. The van der Waals surface area contributed by atoms with Gasteiger partial charge in [0.2, 0.25) is 0 Å². The van der Waals surface area contributed by atoms with Crippen molar-refractivity contribution in [3.8, 4) is 5.75 Å². The number of nitrogens with one attached hydrogen (secondary N) is 2. The van der Waals surface area contributed by atoms with E-state index in [9.17, 15) is 28.7 Å². The average molecular weight is 598 g/mol. The lowest BCUT2D eigenvalue weighted by molar-refractivity contribution is -0.122. The molecule has 4 rings (SSSR count). The van der Waals surface area contributed by atoms with Crippen LogP contribution in [0.15, 0.2) is 76.8 Å². The van der Waals surface area contributed by atoms with Crippen molar-refractivity contribution in [2.45, 2.75) is 0 Å². The number of carbonyl (C=O) groups excluding carboxylic acids is 3. The van der Waals surface area contributed by atoms with Crippen molar-refractivity contribution in [2.75, 3.05) is 16.8 Å². The third-order valence-electron chi connectivity index (χ3n) is 5.21. The van der Waals surface area contributed by atoms with Crippen molar-refractivity contribution in [3.05, 3.63) is 93.7 Å². The molecule has 1 saturated heterocycles. The fraction of sp³-hybridized carbons (Fsp3) is 0.0385. The van der Waals surface area contributed by atoms with Gasteiger partial charge in [0.25, 0.3) is 17.7 Å². The molecule has 12 heteroatoms. The van der Waals surface area contributed by atoms with Gasteiger partial charge in [-0.2, -0.15) is 0 Å². The summed E-state index contributed by atoms with van der Waals surface area (Å²) in [5.41, 5.74) is 0.796. The van der Waals surface area contributed by atoms with Gasteiger partial charge in [0.15, 0.2) is 11.7 Å². The molecule has 3 amide bonds. The summed E-state index contributed by atoms with van der Waals surface area (Å²) in [7, 11) is 0. The van der Waals surface area contributed by atoms with Crippen LogP contribution in [0.3, 0.4) is 0 Å². The van der Waals surface area contributed by atoms with Crippen LogP contribution in [-0.2, 0) is 14.4 Å². The normalized spacial score (nSPS) is 14.3. The number of hydrogen-bond acceptors (Lipinski definition) is 6. The molecular weight excluding hydrogens is 581 g/mol. The summed E-state index contributed by atoms with van der Waals surface area (Å²) in [6.45, 7) is -0.320. The highest BCUT2D eigenvalue weighted by Gasteiger charge is 2.34. The van der Waals surface area contributed by atoms with E-state index in [1.807, 2.05) is 0 Å². The van der Waals surface area contributed by atoms with Crippen molar-refractivity contribution in [1.29, 1.82) is 0 Å². The van der Waals surface area contributed by atoms with Gasteiger partial charge in [0, 0.05) is 5.69 Å². The van der Waals surface area contributed by atoms with Gasteiger partial charge in [-0.15, -0.1) is 0 Å². The highest BCUT2D eigenvalue weighted by molar-refractivity contribution is 9.10. The zero-order valence-electron chi connectivity index (χ0n) is 19.2. The second kappa shape index (κ2) is 11.3. The van der Waals surface area contributed by atoms with Gasteiger partial charge in [0.05, 0.1) is 15.7 Å². The zero-order valence-corrected chi connectivity index (χ0v) is 21.6. The summed E-state index contributed by atoms with van der Waals surface area (Å²) >= 11 is 8.50. The molecule has 0 radical (unpaired) electrons. The Labute approximate surface area is 229 Å². The Morgan fingerprint density at radius 2 is 1.84 bits per heavy atom. The minimum Gasteiger partial charge on any atom is -0.483 e. The van der Waals surface area contributed by atoms with E-state index in [0.717, 1.165) is 4.90 Å². The molecule has 38 heavy (non-hydrogen) atoms. The zero-order chi connectivity index (χ0) is 27.4. The van der Waals surface area contributed by atoms with Crippen LogP contribution in [0, 0.1) is 5.82 Å². The lowest BCUT2D eigenvalue weighted by atomic mass is 10.1. The molecule has 0 bridgehead atoms. The molecule has 9 nitrogen and oxygen atoms in total. The van der Waals surface area contributed by atoms with Crippen LogP contribution in [0.25, 0.3) is 6.08 Å². The minimum atomic E-state index is -1.18. The van der Waals surface area contributed by atoms with Gasteiger partial charge in [0.1, 0.15) is 17.1 Å². The predicted octanol–water partition coefficient (Wildman–Crippen LogP) is 4.14. The number of carbonyl (C=O) groups is 4. The lowest BCUT2D eigenvalue weighted by Crippen LogP contribution is -2.54. The largest absolute Gasteiger partial charge is 0.483 e. The van der Waals surface area contributed by atoms with Crippen molar-refractivity contribution in [3.63, 3.8) is 0 Å². The molecule has 1 aliphatic heterocycles. The van der Waals surface area contributed by atoms with E-state index < -0.39 is 29.5 Å². The fourth-order valence-corrected chi connectivity index (χ4v) is 4.23. The number of nitrogens with zero attached hydrogens (tertiary/aromatic N) is 1. The first-order chi connectivity index (χ1) is 18.1. The molecule has 0 atom stereocenters. The molecule has 192 valence electrons. The molecule has 0 aromatic heterocycles. The molecule has 3 aromatic carbocycles. The van der Waals surface area contributed by atoms with Gasteiger partial charge in [-0.3, -0.25) is 24.6 Å². The summed E-state index contributed by atoms with van der Waals surface area (Å²) in [4.78, 5) is 50.3. The number of anilines is 2. The Morgan fingerprint density at radius 3 is 2.53 bits per heavy atom. The Morgan fingerprint density at radius 1 is 1.11 bits per heavy atom. The monoisotopic (exact) mass is 597 g/mol. The molecule has 3 aromatic rings. The number of halogens is 2. The molecule has 0 saturated carbocycles. The molecule has 1 aliphatic rings.